The van der Waals surface area contributed by atoms with Gasteiger partial charge in [0.05, 0.1) is 17.0 Å². The van der Waals surface area contributed by atoms with Crippen LogP contribution in [0.15, 0.2) is 72.8 Å². The number of amides is 1. The molecule has 0 saturated carbocycles. The minimum Gasteiger partial charge on any atom is -0.354 e. The molecular weight excluding hydrogens is 508 g/mol. The second-order valence-corrected chi connectivity index (χ2v) is 12.5. The number of nitrogens with zero attached hydrogens (tertiary/aromatic N) is 1. The lowest BCUT2D eigenvalue weighted by atomic mass is 9.96. The molecule has 0 spiro atoms. The number of fused-ring (bicyclic) bond motifs is 1. The lowest BCUT2D eigenvalue weighted by Gasteiger charge is -2.39. The Morgan fingerprint density at radius 1 is 0.949 bits per heavy atom. The minimum absolute atomic E-state index is 0.0354. The summed E-state index contributed by atoms with van der Waals surface area (Å²) in [4.78, 5) is 15.8. The Balaban J connectivity index is 1.48. The maximum atomic E-state index is 13.3. The van der Waals surface area contributed by atoms with Gasteiger partial charge in [0.25, 0.3) is 5.91 Å². The fourth-order valence-electron chi connectivity index (χ4n) is 5.45. The summed E-state index contributed by atoms with van der Waals surface area (Å²) in [5, 5.41) is 6.43. The predicted molar refractivity (Wildman–Crippen MR) is 160 cm³/mol. The fourth-order valence-corrected chi connectivity index (χ4v) is 6.08. The number of likely N-dealkylation sites (tertiary alicyclic amines) is 1. The smallest absolute Gasteiger partial charge is 0.258 e. The van der Waals surface area contributed by atoms with Gasteiger partial charge in [0.1, 0.15) is 0 Å². The molecule has 2 atom stereocenters. The quantitative estimate of drug-likeness (QED) is 0.296. The van der Waals surface area contributed by atoms with Gasteiger partial charge in [-0.3, -0.25) is 14.4 Å². The normalized spacial score (nSPS) is 20.7. The minimum atomic E-state index is -3.45. The van der Waals surface area contributed by atoms with E-state index in [-0.39, 0.29) is 11.7 Å². The average Bonchev–Trinajstić information content (AvgIpc) is 3.25. The van der Waals surface area contributed by atoms with Crippen LogP contribution < -0.4 is 15.4 Å². The molecule has 2 heterocycles. The number of nitrogens with one attached hydrogen (secondary N) is 3. The highest BCUT2D eigenvalue weighted by atomic mass is 32.2. The number of carbonyl (C=O) groups is 1. The first-order chi connectivity index (χ1) is 18.7. The Bertz CT molecular complexity index is 1470. The first-order valence-corrected chi connectivity index (χ1v) is 15.3. The van der Waals surface area contributed by atoms with Gasteiger partial charge in [0.15, 0.2) is 0 Å². The average molecular weight is 545 g/mol. The topological polar surface area (TPSA) is 90.5 Å². The van der Waals surface area contributed by atoms with Crippen molar-refractivity contribution >= 4 is 44.3 Å². The van der Waals surface area contributed by atoms with Crippen LogP contribution in [0.3, 0.4) is 0 Å². The molecule has 1 saturated heterocycles. The summed E-state index contributed by atoms with van der Waals surface area (Å²) in [5.41, 5.74) is 5.82. The molecular formula is C31H36N4O3S. The summed E-state index contributed by atoms with van der Waals surface area (Å²) in [5.74, 6) is -0.275. The summed E-state index contributed by atoms with van der Waals surface area (Å²) in [7, 11) is -3.45. The van der Waals surface area contributed by atoms with Gasteiger partial charge in [0, 0.05) is 41.3 Å². The summed E-state index contributed by atoms with van der Waals surface area (Å²) in [6.07, 6.45) is 3.77. The fraction of sp³-hybridized carbons (Fsp3) is 0.323. The number of sulfonamides is 1. The number of carbonyl (C=O) groups excluding carboxylic acids is 1. The van der Waals surface area contributed by atoms with Crippen molar-refractivity contribution in [3.8, 4) is 0 Å². The van der Waals surface area contributed by atoms with E-state index < -0.39 is 10.0 Å². The predicted octanol–water partition coefficient (Wildman–Crippen LogP) is 6.14. The number of piperidine rings is 1. The van der Waals surface area contributed by atoms with Crippen molar-refractivity contribution in [1.82, 2.24) is 4.90 Å². The molecule has 0 bridgehead atoms. The molecule has 7 nitrogen and oxygen atoms in total. The highest BCUT2D eigenvalue weighted by molar-refractivity contribution is 7.92. The molecule has 8 heteroatoms. The summed E-state index contributed by atoms with van der Waals surface area (Å²) < 4.78 is 27.0. The van der Waals surface area contributed by atoms with Crippen LogP contribution in [0.4, 0.5) is 17.1 Å². The molecule has 2 aliphatic rings. The lowest BCUT2D eigenvalue weighted by Crippen LogP contribution is -2.42. The number of hydrogen-bond donors (Lipinski definition) is 3. The monoisotopic (exact) mass is 544 g/mol. The number of anilines is 3. The van der Waals surface area contributed by atoms with Gasteiger partial charge in [-0.25, -0.2) is 8.42 Å². The van der Waals surface area contributed by atoms with Gasteiger partial charge in [-0.1, -0.05) is 48.9 Å². The Kier molecular flexibility index (Phi) is 7.77. The molecule has 2 aliphatic heterocycles. The van der Waals surface area contributed by atoms with Crippen molar-refractivity contribution in [3.05, 3.63) is 89.5 Å². The Morgan fingerprint density at radius 2 is 1.62 bits per heavy atom. The second kappa shape index (κ2) is 11.2. The van der Waals surface area contributed by atoms with Crippen LogP contribution >= 0.6 is 0 Å². The molecule has 3 aromatic rings. The van der Waals surface area contributed by atoms with Crippen molar-refractivity contribution in [1.29, 1.82) is 0 Å². The van der Waals surface area contributed by atoms with Crippen LogP contribution in [0.5, 0.6) is 0 Å². The zero-order valence-corrected chi connectivity index (χ0v) is 23.5. The first kappa shape index (κ1) is 27.0. The molecule has 1 amide bonds. The van der Waals surface area contributed by atoms with Crippen molar-refractivity contribution in [2.75, 3.05) is 21.1 Å². The van der Waals surface area contributed by atoms with Crippen molar-refractivity contribution < 1.29 is 13.2 Å². The first-order valence-electron chi connectivity index (χ1n) is 13.6. The zero-order valence-electron chi connectivity index (χ0n) is 22.7. The van der Waals surface area contributed by atoms with E-state index in [1.165, 1.54) is 24.8 Å². The molecule has 5 rings (SSSR count). The highest BCUT2D eigenvalue weighted by Gasteiger charge is 2.29. The Hall–Kier alpha value is -3.62. The van der Waals surface area contributed by atoms with E-state index in [2.05, 4.69) is 58.4 Å². The van der Waals surface area contributed by atoms with Gasteiger partial charge < -0.3 is 10.6 Å². The van der Waals surface area contributed by atoms with Crippen molar-refractivity contribution in [2.45, 2.75) is 58.7 Å². The Labute approximate surface area is 231 Å². The van der Waals surface area contributed by atoms with Crippen LogP contribution in [0, 0.1) is 0 Å². The standard InChI is InChI=1S/C31H36N4O3S/c1-4-39(37,38)34-26-17-18-28-27(19-26)29(31(36)33-28)30(24-11-6-5-7-12-24)32-25-15-13-23(14-16-25)20-35-21(2)9-8-10-22(35)3/h5-7,11-19,21-22,32,34H,4,8-10,20H2,1-3H3,(H,33,36)/b30-29+. The van der Waals surface area contributed by atoms with Crippen molar-refractivity contribution in [2.24, 2.45) is 0 Å². The van der Waals surface area contributed by atoms with Gasteiger partial charge in [0.2, 0.25) is 10.0 Å². The zero-order chi connectivity index (χ0) is 27.6. The molecule has 2 unspecified atom stereocenters. The molecule has 3 N–H and O–H groups in total. The molecule has 204 valence electrons. The van der Waals surface area contributed by atoms with E-state index in [1.54, 1.807) is 25.1 Å². The van der Waals surface area contributed by atoms with Crippen LogP contribution in [0.2, 0.25) is 0 Å². The molecule has 1 fully saturated rings. The van der Waals surface area contributed by atoms with Gasteiger partial charge in [-0.05, 0) is 75.1 Å². The number of hydrogen-bond acceptors (Lipinski definition) is 5. The van der Waals surface area contributed by atoms with Crippen LogP contribution in [0.25, 0.3) is 11.3 Å². The van der Waals surface area contributed by atoms with Gasteiger partial charge in [-0.2, -0.15) is 0 Å². The SMILES string of the molecule is CCS(=O)(=O)Nc1ccc2c(c1)/C(=C(\Nc1ccc(CN3C(C)CCCC3C)cc1)c1ccccc1)C(=O)N2. The third-order valence-corrected chi connectivity index (χ3v) is 9.00. The van der Waals surface area contributed by atoms with Gasteiger partial charge in [-0.15, -0.1) is 0 Å². The molecule has 39 heavy (non-hydrogen) atoms. The van der Waals surface area contributed by atoms with Crippen LogP contribution in [-0.4, -0.2) is 37.1 Å². The van der Waals surface area contributed by atoms with E-state index in [1.807, 2.05) is 30.3 Å². The van der Waals surface area contributed by atoms with Crippen LogP contribution in [-0.2, 0) is 21.4 Å². The maximum Gasteiger partial charge on any atom is 0.258 e. The Morgan fingerprint density at radius 3 is 2.28 bits per heavy atom. The van der Waals surface area contributed by atoms with Gasteiger partial charge >= 0.3 is 0 Å². The van der Waals surface area contributed by atoms with E-state index in [0.717, 1.165) is 17.8 Å². The third kappa shape index (κ3) is 6.02. The molecule has 0 aromatic heterocycles. The summed E-state index contributed by atoms with van der Waals surface area (Å²) in [6, 6.07) is 24.4. The van der Waals surface area contributed by atoms with E-state index in [9.17, 15) is 13.2 Å². The largest absolute Gasteiger partial charge is 0.354 e. The molecule has 0 aliphatic carbocycles. The summed E-state index contributed by atoms with van der Waals surface area (Å²) in [6.45, 7) is 7.13. The van der Waals surface area contributed by atoms with E-state index in [0.29, 0.717) is 40.3 Å². The molecule has 0 radical (unpaired) electrons. The van der Waals surface area contributed by atoms with Crippen molar-refractivity contribution in [3.63, 3.8) is 0 Å². The second-order valence-electron chi connectivity index (χ2n) is 10.5. The maximum absolute atomic E-state index is 13.3. The number of rotatable bonds is 8. The van der Waals surface area contributed by atoms with E-state index >= 15 is 0 Å². The third-order valence-electron chi connectivity index (χ3n) is 7.69. The lowest BCUT2D eigenvalue weighted by molar-refractivity contribution is -0.110. The van der Waals surface area contributed by atoms with Crippen LogP contribution in [0.1, 0.15) is 56.7 Å². The number of benzene rings is 3. The summed E-state index contributed by atoms with van der Waals surface area (Å²) >= 11 is 0. The van der Waals surface area contributed by atoms with E-state index in [4.69, 9.17) is 0 Å². The highest BCUT2D eigenvalue weighted by Crippen LogP contribution is 2.39. The molecule has 3 aromatic carbocycles.